The summed E-state index contributed by atoms with van der Waals surface area (Å²) in [4.78, 5) is 0. The van der Waals surface area contributed by atoms with E-state index in [1.54, 1.807) is 4.31 Å². The highest BCUT2D eigenvalue weighted by Gasteiger charge is 2.29. The van der Waals surface area contributed by atoms with E-state index in [0.29, 0.717) is 13.1 Å². The highest BCUT2D eigenvalue weighted by Crippen LogP contribution is 2.17. The Kier molecular flexibility index (Phi) is 5.89. The maximum Gasteiger partial charge on any atom is 0.279 e. The molecule has 0 radical (unpaired) electrons. The van der Waals surface area contributed by atoms with E-state index in [-0.39, 0.29) is 0 Å². The largest absolute Gasteiger partial charge is 0.279 e. The van der Waals surface area contributed by atoms with Gasteiger partial charge in [-0.25, -0.2) is 0 Å². The fourth-order valence-corrected chi connectivity index (χ4v) is 4.64. The first kappa shape index (κ1) is 15.4. The van der Waals surface area contributed by atoms with Crippen molar-refractivity contribution in [2.75, 3.05) is 18.4 Å². The van der Waals surface area contributed by atoms with Gasteiger partial charge in [-0.15, -0.1) is 0 Å². The molecule has 1 saturated heterocycles. The Hall–Kier alpha value is 0.350. The predicted octanol–water partition coefficient (Wildman–Crippen LogP) is 2.26. The quantitative estimate of drug-likeness (QED) is 0.788. The molecule has 1 rings (SSSR count). The molecule has 0 aromatic carbocycles. The van der Waals surface area contributed by atoms with Gasteiger partial charge in [-0.3, -0.25) is 0 Å². The standard InChI is InChI=1S/C11H23BrN2O2S/c1-11(2,7-8-12)13-17(15,16)14-9-5-3-4-6-10-14/h13H,3-10H2,1-2H3. The van der Waals surface area contributed by atoms with Crippen molar-refractivity contribution >= 4 is 26.1 Å². The molecule has 0 aliphatic carbocycles. The van der Waals surface area contributed by atoms with Gasteiger partial charge in [0.2, 0.25) is 0 Å². The molecule has 17 heavy (non-hydrogen) atoms. The molecule has 0 amide bonds. The monoisotopic (exact) mass is 326 g/mol. The molecule has 0 saturated carbocycles. The molecule has 1 aliphatic heterocycles. The normalized spacial score (nSPS) is 20.2. The lowest BCUT2D eigenvalue weighted by molar-refractivity contribution is 0.379. The van der Waals surface area contributed by atoms with Gasteiger partial charge < -0.3 is 0 Å². The number of hydrogen-bond acceptors (Lipinski definition) is 2. The number of halogens is 1. The van der Waals surface area contributed by atoms with Crippen molar-refractivity contribution in [1.82, 2.24) is 9.03 Å². The van der Waals surface area contributed by atoms with Gasteiger partial charge in [-0.2, -0.15) is 17.4 Å². The molecule has 0 atom stereocenters. The zero-order valence-corrected chi connectivity index (χ0v) is 13.1. The average Bonchev–Trinajstić information content (AvgIpc) is 2.43. The summed E-state index contributed by atoms with van der Waals surface area (Å²) in [6, 6.07) is 0. The molecular weight excluding hydrogens is 304 g/mol. The number of hydrogen-bond donors (Lipinski definition) is 1. The van der Waals surface area contributed by atoms with Gasteiger partial charge in [0, 0.05) is 24.0 Å². The molecule has 6 heteroatoms. The summed E-state index contributed by atoms with van der Waals surface area (Å²) >= 11 is 3.35. The Morgan fingerprint density at radius 3 is 2.18 bits per heavy atom. The lowest BCUT2D eigenvalue weighted by Crippen LogP contribution is -2.50. The fraction of sp³-hybridized carbons (Fsp3) is 1.00. The fourth-order valence-electron chi connectivity index (χ4n) is 1.98. The summed E-state index contributed by atoms with van der Waals surface area (Å²) in [5.74, 6) is 0. The van der Waals surface area contributed by atoms with Crippen molar-refractivity contribution in [3.8, 4) is 0 Å². The lowest BCUT2D eigenvalue weighted by Gasteiger charge is -2.29. The summed E-state index contributed by atoms with van der Waals surface area (Å²) in [6.45, 7) is 5.15. The van der Waals surface area contributed by atoms with Crippen LogP contribution in [0.25, 0.3) is 0 Å². The van der Waals surface area contributed by atoms with Crippen LogP contribution in [0.15, 0.2) is 0 Å². The van der Waals surface area contributed by atoms with E-state index in [9.17, 15) is 8.42 Å². The maximum absolute atomic E-state index is 12.2. The van der Waals surface area contributed by atoms with E-state index in [2.05, 4.69) is 20.7 Å². The first-order valence-electron chi connectivity index (χ1n) is 6.22. The van der Waals surface area contributed by atoms with Gasteiger partial charge in [0.05, 0.1) is 0 Å². The van der Waals surface area contributed by atoms with E-state index in [1.165, 1.54) is 0 Å². The van der Waals surface area contributed by atoms with Crippen molar-refractivity contribution in [3.63, 3.8) is 0 Å². The Bertz CT molecular complexity index is 322. The number of rotatable bonds is 5. The predicted molar refractivity (Wildman–Crippen MR) is 74.6 cm³/mol. The molecule has 1 N–H and O–H groups in total. The van der Waals surface area contributed by atoms with Gasteiger partial charge >= 0.3 is 0 Å². The molecule has 1 heterocycles. The first-order valence-corrected chi connectivity index (χ1v) is 8.78. The zero-order valence-electron chi connectivity index (χ0n) is 10.7. The van der Waals surface area contributed by atoms with Gasteiger partial charge in [-0.1, -0.05) is 28.8 Å². The van der Waals surface area contributed by atoms with Crippen molar-refractivity contribution in [2.24, 2.45) is 0 Å². The van der Waals surface area contributed by atoms with Crippen LogP contribution in [0.2, 0.25) is 0 Å². The van der Waals surface area contributed by atoms with Crippen molar-refractivity contribution in [2.45, 2.75) is 51.5 Å². The molecule has 0 spiro atoms. The summed E-state index contributed by atoms with van der Waals surface area (Å²) in [7, 11) is -3.32. The SMILES string of the molecule is CC(C)(CCBr)NS(=O)(=O)N1CCCCCC1. The number of nitrogens with one attached hydrogen (secondary N) is 1. The Morgan fingerprint density at radius 1 is 1.18 bits per heavy atom. The second-order valence-electron chi connectivity index (χ2n) is 5.24. The van der Waals surface area contributed by atoms with Gasteiger partial charge in [0.1, 0.15) is 0 Å². The highest BCUT2D eigenvalue weighted by atomic mass is 79.9. The van der Waals surface area contributed by atoms with Crippen LogP contribution in [0.5, 0.6) is 0 Å². The molecule has 0 aromatic heterocycles. The molecule has 0 bridgehead atoms. The summed E-state index contributed by atoms with van der Waals surface area (Å²) in [6.07, 6.45) is 4.99. The molecule has 0 unspecified atom stereocenters. The van der Waals surface area contributed by atoms with E-state index in [4.69, 9.17) is 0 Å². The second kappa shape index (κ2) is 6.50. The number of alkyl halides is 1. The van der Waals surface area contributed by atoms with Crippen LogP contribution in [0.4, 0.5) is 0 Å². The average molecular weight is 327 g/mol. The topological polar surface area (TPSA) is 49.4 Å². The Labute approximate surface area is 113 Å². The van der Waals surface area contributed by atoms with Crippen LogP contribution in [0.3, 0.4) is 0 Å². The number of nitrogens with zero attached hydrogens (tertiary/aromatic N) is 1. The molecule has 1 aliphatic rings. The van der Waals surface area contributed by atoms with Gasteiger partial charge in [0.15, 0.2) is 0 Å². The van der Waals surface area contributed by atoms with Crippen LogP contribution < -0.4 is 4.72 Å². The van der Waals surface area contributed by atoms with Gasteiger partial charge in [0.25, 0.3) is 10.2 Å². The maximum atomic E-state index is 12.2. The third-order valence-electron chi connectivity index (χ3n) is 3.03. The summed E-state index contributed by atoms with van der Waals surface area (Å²) < 4.78 is 28.8. The third-order valence-corrected chi connectivity index (χ3v) is 5.28. The van der Waals surface area contributed by atoms with Crippen molar-refractivity contribution < 1.29 is 8.42 Å². The third kappa shape index (κ3) is 5.24. The molecular formula is C11H23BrN2O2S. The first-order chi connectivity index (χ1) is 7.87. The smallest absolute Gasteiger partial charge is 0.196 e. The Balaban J connectivity index is 2.66. The molecule has 1 fully saturated rings. The van der Waals surface area contributed by atoms with E-state index >= 15 is 0 Å². The van der Waals surface area contributed by atoms with Crippen LogP contribution in [0, 0.1) is 0 Å². The highest BCUT2D eigenvalue weighted by molar-refractivity contribution is 9.09. The molecule has 102 valence electrons. The van der Waals surface area contributed by atoms with Gasteiger partial charge in [-0.05, 0) is 33.1 Å². The molecule has 4 nitrogen and oxygen atoms in total. The Morgan fingerprint density at radius 2 is 1.71 bits per heavy atom. The molecule has 0 aromatic rings. The zero-order chi connectivity index (χ0) is 12.9. The summed E-state index contributed by atoms with van der Waals surface area (Å²) in [5, 5.41) is 0.794. The second-order valence-corrected chi connectivity index (χ2v) is 7.71. The van der Waals surface area contributed by atoms with E-state index in [1.807, 2.05) is 13.8 Å². The van der Waals surface area contributed by atoms with Crippen LogP contribution in [-0.2, 0) is 10.2 Å². The van der Waals surface area contributed by atoms with Crippen LogP contribution in [-0.4, -0.2) is 36.7 Å². The van der Waals surface area contributed by atoms with Crippen molar-refractivity contribution in [1.29, 1.82) is 0 Å². The minimum absolute atomic E-state index is 0.394. The van der Waals surface area contributed by atoms with E-state index in [0.717, 1.165) is 37.4 Å². The lowest BCUT2D eigenvalue weighted by atomic mass is 10.0. The van der Waals surface area contributed by atoms with E-state index < -0.39 is 15.7 Å². The minimum atomic E-state index is -3.32. The van der Waals surface area contributed by atoms with Crippen LogP contribution in [0.1, 0.15) is 46.0 Å². The van der Waals surface area contributed by atoms with Crippen LogP contribution >= 0.6 is 15.9 Å². The van der Waals surface area contributed by atoms with Crippen molar-refractivity contribution in [3.05, 3.63) is 0 Å². The minimum Gasteiger partial charge on any atom is -0.196 e. The summed E-state index contributed by atoms with van der Waals surface area (Å²) in [5.41, 5.74) is -0.394.